The van der Waals surface area contributed by atoms with Crippen molar-refractivity contribution in [3.63, 3.8) is 0 Å². The number of nitrogens with zero attached hydrogens (tertiary/aromatic N) is 3. The van der Waals surface area contributed by atoms with E-state index in [4.69, 9.17) is 11.6 Å². The minimum Gasteiger partial charge on any atom is -0.289 e. The van der Waals surface area contributed by atoms with Gasteiger partial charge in [-0.3, -0.25) is 15.0 Å². The Balaban J connectivity index is 1.69. The van der Waals surface area contributed by atoms with Crippen LogP contribution in [0.5, 0.6) is 0 Å². The third kappa shape index (κ3) is 3.75. The number of hydroxylamine groups is 1. The molecule has 6 nitrogen and oxygen atoms in total. The zero-order valence-corrected chi connectivity index (χ0v) is 15.3. The molecule has 2 N–H and O–H groups in total. The highest BCUT2D eigenvalue weighted by atomic mass is 35.5. The lowest BCUT2D eigenvalue weighted by Gasteiger charge is -2.29. The summed E-state index contributed by atoms with van der Waals surface area (Å²) in [6, 6.07) is 8.57. The number of halogens is 1. The van der Waals surface area contributed by atoms with Crippen LogP contribution in [-0.4, -0.2) is 39.1 Å². The lowest BCUT2D eigenvalue weighted by molar-refractivity contribution is -0.135. The molecule has 0 saturated heterocycles. The number of amides is 1. The Labute approximate surface area is 162 Å². The van der Waals surface area contributed by atoms with Crippen LogP contribution in [-0.2, 0) is 11.2 Å². The normalized spacial score (nSPS) is 24.3. The molecule has 3 atom stereocenters. The Morgan fingerprint density at radius 2 is 2.11 bits per heavy atom. The van der Waals surface area contributed by atoms with Gasteiger partial charge in [0.25, 0.3) is 5.91 Å². The molecular weight excluding hydrogens is 364 g/mol. The third-order valence-corrected chi connectivity index (χ3v) is 5.16. The van der Waals surface area contributed by atoms with Crippen LogP contribution < -0.4 is 5.48 Å². The van der Waals surface area contributed by atoms with Crippen molar-refractivity contribution in [1.29, 1.82) is 0 Å². The molecule has 1 aliphatic carbocycles. The molecule has 2 heterocycles. The first-order chi connectivity index (χ1) is 13.2. The molecule has 27 heavy (non-hydrogen) atoms. The monoisotopic (exact) mass is 382 g/mol. The first-order valence-corrected chi connectivity index (χ1v) is 9.31. The van der Waals surface area contributed by atoms with Gasteiger partial charge < -0.3 is 0 Å². The largest absolute Gasteiger partial charge is 0.289 e. The zero-order valence-electron chi connectivity index (χ0n) is 14.5. The van der Waals surface area contributed by atoms with Crippen LogP contribution in [0, 0.1) is 23.7 Å². The summed E-state index contributed by atoms with van der Waals surface area (Å²) in [7, 11) is 0. The second-order valence-electron chi connectivity index (χ2n) is 6.84. The quantitative estimate of drug-likeness (QED) is 0.476. The topological polar surface area (TPSA) is 77.3 Å². The number of benzene rings is 1. The van der Waals surface area contributed by atoms with Gasteiger partial charge in [0.2, 0.25) is 0 Å². The second-order valence-corrected chi connectivity index (χ2v) is 7.20. The predicted octanol–water partition coefficient (Wildman–Crippen LogP) is 2.34. The maximum absolute atomic E-state index is 12.5. The van der Waals surface area contributed by atoms with Crippen molar-refractivity contribution in [2.45, 2.75) is 31.3 Å². The number of hydrogen-bond donors (Lipinski definition) is 2. The van der Waals surface area contributed by atoms with Crippen LogP contribution in [0.2, 0.25) is 0 Å². The molecule has 4 rings (SSSR count). The molecule has 2 aliphatic heterocycles. The number of hydrazone groups is 1. The molecule has 0 aromatic heterocycles. The van der Waals surface area contributed by atoms with Crippen molar-refractivity contribution in [1.82, 2.24) is 10.5 Å². The average molecular weight is 383 g/mol. The summed E-state index contributed by atoms with van der Waals surface area (Å²) in [4.78, 5) is 16.6. The molecule has 7 heteroatoms. The highest BCUT2D eigenvalue weighted by Crippen LogP contribution is 2.32. The Hall–Kier alpha value is -2.62. The molecular formula is C20H19ClN4O2. The lowest BCUT2D eigenvalue weighted by atomic mass is 9.93. The highest BCUT2D eigenvalue weighted by Gasteiger charge is 2.43. The van der Waals surface area contributed by atoms with Crippen molar-refractivity contribution in [2.24, 2.45) is 21.9 Å². The van der Waals surface area contributed by atoms with Gasteiger partial charge in [0.1, 0.15) is 17.8 Å². The van der Waals surface area contributed by atoms with E-state index in [9.17, 15) is 10.0 Å². The van der Waals surface area contributed by atoms with Gasteiger partial charge >= 0.3 is 0 Å². The van der Waals surface area contributed by atoms with Crippen LogP contribution in [0.4, 0.5) is 0 Å². The molecule has 0 spiro atoms. The summed E-state index contributed by atoms with van der Waals surface area (Å²) in [5.74, 6) is 6.31. The SMILES string of the molecule is O=C(NO)C(Cc1ccccc1)N1N=C2C(Cl)=NC=CC2C1C#CC1CC1. The van der Waals surface area contributed by atoms with Gasteiger partial charge in [-0.2, -0.15) is 5.10 Å². The number of hydrogen-bond acceptors (Lipinski definition) is 5. The van der Waals surface area contributed by atoms with E-state index in [-0.39, 0.29) is 12.0 Å². The molecule has 1 aromatic rings. The molecule has 1 amide bonds. The minimum atomic E-state index is -0.716. The minimum absolute atomic E-state index is 0.147. The fourth-order valence-electron chi connectivity index (χ4n) is 3.28. The van der Waals surface area contributed by atoms with E-state index < -0.39 is 11.9 Å². The van der Waals surface area contributed by atoms with Crippen LogP contribution in [0.15, 0.2) is 52.7 Å². The van der Waals surface area contributed by atoms with Gasteiger partial charge in [0.05, 0.1) is 5.92 Å². The van der Waals surface area contributed by atoms with Crippen LogP contribution in [0.25, 0.3) is 0 Å². The number of aliphatic imine (C=N–C) groups is 1. The Morgan fingerprint density at radius 3 is 2.81 bits per heavy atom. The van der Waals surface area contributed by atoms with Crippen LogP contribution >= 0.6 is 11.6 Å². The van der Waals surface area contributed by atoms with Crippen LogP contribution in [0.3, 0.4) is 0 Å². The van der Waals surface area contributed by atoms with Gasteiger partial charge in [-0.25, -0.2) is 10.5 Å². The smallest absolute Gasteiger partial charge is 0.268 e. The summed E-state index contributed by atoms with van der Waals surface area (Å²) in [5.41, 5.74) is 3.35. The maximum atomic E-state index is 12.5. The first kappa shape index (κ1) is 17.8. The summed E-state index contributed by atoms with van der Waals surface area (Å²) >= 11 is 6.24. The zero-order chi connectivity index (χ0) is 18.8. The fraction of sp³-hybridized carbons (Fsp3) is 0.350. The first-order valence-electron chi connectivity index (χ1n) is 8.93. The van der Waals surface area contributed by atoms with E-state index in [1.165, 1.54) is 0 Å². The molecule has 3 unspecified atom stereocenters. The van der Waals surface area contributed by atoms with Gasteiger partial charge in [-0.15, -0.1) is 0 Å². The summed E-state index contributed by atoms with van der Waals surface area (Å²) < 4.78 is 0. The Morgan fingerprint density at radius 1 is 1.33 bits per heavy atom. The van der Waals surface area contributed by atoms with E-state index in [0.29, 0.717) is 23.2 Å². The standard InChI is InChI=1S/C20H19ClN4O2/c21-19-18-15(10-11-22-19)16(9-8-13-6-7-13)25(23-18)17(20(26)24-27)12-14-4-2-1-3-5-14/h1-5,10-11,13,15-17,27H,6-7,12H2,(H,24,26). The van der Waals surface area contributed by atoms with Gasteiger partial charge in [0.15, 0.2) is 5.17 Å². The van der Waals surface area contributed by atoms with Gasteiger partial charge in [-0.1, -0.05) is 59.8 Å². The molecule has 138 valence electrons. The molecule has 1 saturated carbocycles. The van der Waals surface area contributed by atoms with Crippen molar-refractivity contribution in [3.8, 4) is 11.8 Å². The molecule has 1 aromatic carbocycles. The van der Waals surface area contributed by atoms with Crippen molar-refractivity contribution < 1.29 is 10.0 Å². The van der Waals surface area contributed by atoms with E-state index >= 15 is 0 Å². The lowest BCUT2D eigenvalue weighted by Crippen LogP contribution is -2.48. The highest BCUT2D eigenvalue weighted by molar-refractivity contribution is 6.84. The number of nitrogens with one attached hydrogen (secondary N) is 1. The number of rotatable bonds is 4. The molecule has 3 aliphatic rings. The molecule has 0 radical (unpaired) electrons. The fourth-order valence-corrected chi connectivity index (χ4v) is 3.50. The number of carbonyl (C=O) groups excluding carboxylic acids is 1. The predicted molar refractivity (Wildman–Crippen MR) is 103 cm³/mol. The van der Waals surface area contributed by atoms with E-state index in [2.05, 4.69) is 21.9 Å². The number of fused-ring (bicyclic) bond motifs is 1. The van der Waals surface area contributed by atoms with Crippen LogP contribution in [0.1, 0.15) is 18.4 Å². The summed E-state index contributed by atoms with van der Waals surface area (Å²) in [6.45, 7) is 0. The third-order valence-electron chi connectivity index (χ3n) is 4.87. The van der Waals surface area contributed by atoms with Gasteiger partial charge in [-0.05, 0) is 18.4 Å². The van der Waals surface area contributed by atoms with E-state index in [1.807, 2.05) is 36.4 Å². The molecule has 0 bridgehead atoms. The number of carbonyl (C=O) groups is 1. The van der Waals surface area contributed by atoms with Gasteiger partial charge in [0, 0.05) is 18.5 Å². The Kier molecular flexibility index (Phi) is 4.97. The van der Waals surface area contributed by atoms with E-state index in [1.54, 1.807) is 16.7 Å². The van der Waals surface area contributed by atoms with Crippen molar-refractivity contribution in [3.05, 3.63) is 48.2 Å². The average Bonchev–Trinajstić information content (AvgIpc) is 3.45. The van der Waals surface area contributed by atoms with Crippen molar-refractivity contribution in [2.75, 3.05) is 0 Å². The van der Waals surface area contributed by atoms with E-state index in [0.717, 1.165) is 18.4 Å². The Bertz CT molecular complexity index is 880. The molecule has 1 fully saturated rings. The maximum Gasteiger partial charge on any atom is 0.268 e. The second kappa shape index (κ2) is 7.55. The van der Waals surface area contributed by atoms with Crippen molar-refractivity contribution >= 4 is 28.4 Å². The summed E-state index contributed by atoms with van der Waals surface area (Å²) in [5, 5.41) is 15.9. The summed E-state index contributed by atoms with van der Waals surface area (Å²) in [6.07, 6.45) is 6.17.